The molecule has 0 fully saturated rings. The Bertz CT molecular complexity index is 730. The molecule has 0 spiro atoms. The zero-order valence-electron chi connectivity index (χ0n) is 13.8. The first-order valence-electron chi connectivity index (χ1n) is 7.90. The van der Waals surface area contributed by atoms with E-state index in [1.165, 1.54) is 0 Å². The Labute approximate surface area is 141 Å². The molecule has 3 rings (SSSR count). The van der Waals surface area contributed by atoms with Crippen molar-refractivity contribution in [1.82, 2.24) is 5.32 Å². The fraction of sp³-hybridized carbons (Fsp3) is 0.316. The number of benzene rings is 2. The first-order valence-corrected chi connectivity index (χ1v) is 7.90. The molecule has 0 heterocycles. The van der Waals surface area contributed by atoms with Crippen LogP contribution in [0.1, 0.15) is 21.5 Å². The van der Waals surface area contributed by atoms with Gasteiger partial charge in [-0.3, -0.25) is 4.79 Å². The second kappa shape index (κ2) is 6.93. The summed E-state index contributed by atoms with van der Waals surface area (Å²) in [4.78, 5) is 12.4. The lowest BCUT2D eigenvalue weighted by atomic mass is 9.84. The van der Waals surface area contributed by atoms with Gasteiger partial charge in [0.2, 0.25) is 0 Å². The summed E-state index contributed by atoms with van der Waals surface area (Å²) in [5, 5.41) is 13.4. The van der Waals surface area contributed by atoms with E-state index in [9.17, 15) is 9.90 Å². The molecule has 5 heteroatoms. The van der Waals surface area contributed by atoms with Crippen LogP contribution in [0.5, 0.6) is 11.5 Å². The van der Waals surface area contributed by atoms with Gasteiger partial charge in [-0.05, 0) is 30.7 Å². The summed E-state index contributed by atoms with van der Waals surface area (Å²) in [6.45, 7) is 0. The van der Waals surface area contributed by atoms with Crippen molar-refractivity contribution >= 4 is 5.91 Å². The quantitative estimate of drug-likeness (QED) is 0.901. The van der Waals surface area contributed by atoms with E-state index in [1.54, 1.807) is 26.4 Å². The third-order valence-electron chi connectivity index (χ3n) is 4.44. The maximum atomic E-state index is 12.4. The van der Waals surface area contributed by atoms with Crippen LogP contribution in [0, 0.1) is 0 Å². The van der Waals surface area contributed by atoms with E-state index in [0.29, 0.717) is 18.4 Å². The summed E-state index contributed by atoms with van der Waals surface area (Å²) in [5.41, 5.74) is 2.49. The number of hydrogen-bond donors (Lipinski definition) is 2. The minimum Gasteiger partial charge on any atom is -0.496 e. The summed E-state index contributed by atoms with van der Waals surface area (Å²) in [6.07, 6.45) is 0.233. The van der Waals surface area contributed by atoms with E-state index >= 15 is 0 Å². The number of fused-ring (bicyclic) bond motifs is 1. The molecule has 5 nitrogen and oxygen atoms in total. The fourth-order valence-electron chi connectivity index (χ4n) is 3.18. The van der Waals surface area contributed by atoms with E-state index in [0.717, 1.165) is 22.6 Å². The van der Waals surface area contributed by atoms with E-state index in [1.807, 2.05) is 30.3 Å². The molecule has 0 radical (unpaired) electrons. The Hall–Kier alpha value is -2.53. The highest BCUT2D eigenvalue weighted by atomic mass is 16.5. The van der Waals surface area contributed by atoms with E-state index < -0.39 is 6.10 Å². The predicted octanol–water partition coefficient (Wildman–Crippen LogP) is 1.96. The van der Waals surface area contributed by atoms with Crippen LogP contribution in [0.25, 0.3) is 0 Å². The topological polar surface area (TPSA) is 67.8 Å². The number of carbonyl (C=O) groups is 1. The number of aliphatic hydroxyl groups excluding tert-OH is 1. The Morgan fingerprint density at radius 3 is 2.17 bits per heavy atom. The van der Waals surface area contributed by atoms with Gasteiger partial charge in [0.25, 0.3) is 5.91 Å². The number of carbonyl (C=O) groups excluding carboxylic acids is 1. The van der Waals surface area contributed by atoms with Gasteiger partial charge < -0.3 is 19.9 Å². The predicted molar refractivity (Wildman–Crippen MR) is 90.7 cm³/mol. The minimum absolute atomic E-state index is 0.190. The van der Waals surface area contributed by atoms with Crippen molar-refractivity contribution in [3.8, 4) is 11.5 Å². The van der Waals surface area contributed by atoms with Gasteiger partial charge in [-0.2, -0.15) is 0 Å². The molecule has 0 unspecified atom stereocenters. The zero-order chi connectivity index (χ0) is 17.1. The van der Waals surface area contributed by atoms with Crippen LogP contribution in [0.4, 0.5) is 0 Å². The van der Waals surface area contributed by atoms with Crippen molar-refractivity contribution in [3.63, 3.8) is 0 Å². The molecule has 2 atom stereocenters. The summed E-state index contributed by atoms with van der Waals surface area (Å²) < 4.78 is 10.8. The first-order chi connectivity index (χ1) is 11.6. The molecule has 126 valence electrons. The van der Waals surface area contributed by atoms with Crippen molar-refractivity contribution < 1.29 is 19.4 Å². The summed E-state index contributed by atoms with van der Waals surface area (Å²) in [5.74, 6) is 1.29. The first kappa shape index (κ1) is 16.3. The molecular formula is C19H21NO4. The number of hydrogen-bond acceptors (Lipinski definition) is 4. The van der Waals surface area contributed by atoms with E-state index in [2.05, 4.69) is 5.32 Å². The summed E-state index contributed by atoms with van der Waals surface area (Å²) in [6, 6.07) is 12.3. The van der Waals surface area contributed by atoms with Gasteiger partial charge in [-0.1, -0.05) is 18.2 Å². The maximum absolute atomic E-state index is 12.4. The van der Waals surface area contributed by atoms with Crippen LogP contribution in [0.3, 0.4) is 0 Å². The van der Waals surface area contributed by atoms with Crippen molar-refractivity contribution in [2.45, 2.75) is 25.0 Å². The fourth-order valence-corrected chi connectivity index (χ4v) is 3.18. The number of methoxy groups -OCH3 is 2. The average Bonchev–Trinajstić information content (AvgIpc) is 2.62. The third-order valence-corrected chi connectivity index (χ3v) is 4.44. The molecule has 1 aliphatic rings. The highest BCUT2D eigenvalue weighted by Crippen LogP contribution is 2.36. The smallest absolute Gasteiger partial charge is 0.251 e. The van der Waals surface area contributed by atoms with Crippen LogP contribution in [-0.4, -0.2) is 37.4 Å². The molecule has 2 aromatic rings. The number of rotatable bonds is 4. The number of amides is 1. The van der Waals surface area contributed by atoms with E-state index in [-0.39, 0.29) is 11.9 Å². The van der Waals surface area contributed by atoms with Gasteiger partial charge in [0, 0.05) is 23.1 Å². The van der Waals surface area contributed by atoms with Crippen molar-refractivity contribution in [2.75, 3.05) is 14.2 Å². The molecule has 0 aliphatic heterocycles. The van der Waals surface area contributed by atoms with Crippen molar-refractivity contribution in [1.29, 1.82) is 0 Å². The van der Waals surface area contributed by atoms with Crippen LogP contribution in [-0.2, 0) is 12.8 Å². The van der Waals surface area contributed by atoms with Gasteiger partial charge in [0.05, 0.1) is 26.4 Å². The van der Waals surface area contributed by atoms with Crippen LogP contribution < -0.4 is 14.8 Å². The molecule has 0 saturated heterocycles. The molecule has 1 aliphatic carbocycles. The van der Waals surface area contributed by atoms with E-state index in [4.69, 9.17) is 9.47 Å². The van der Waals surface area contributed by atoms with Crippen LogP contribution in [0.15, 0.2) is 42.5 Å². The normalized spacial score (nSPS) is 19.3. The SMILES string of the molecule is COc1ccc(OC)c2c1C[C@@H](O)[C@H](NC(=O)c1ccccc1)C2. The third kappa shape index (κ3) is 3.08. The monoisotopic (exact) mass is 327 g/mol. The number of ether oxygens (including phenoxy) is 2. The average molecular weight is 327 g/mol. The number of aliphatic hydroxyl groups is 1. The maximum Gasteiger partial charge on any atom is 0.251 e. The molecule has 0 aromatic heterocycles. The number of nitrogens with one attached hydrogen (secondary N) is 1. The van der Waals surface area contributed by atoms with Gasteiger partial charge >= 0.3 is 0 Å². The molecule has 0 bridgehead atoms. The molecule has 2 aromatic carbocycles. The molecule has 0 saturated carbocycles. The second-order valence-corrected chi connectivity index (χ2v) is 5.85. The van der Waals surface area contributed by atoms with Gasteiger partial charge in [-0.15, -0.1) is 0 Å². The Balaban J connectivity index is 1.85. The lowest BCUT2D eigenvalue weighted by molar-refractivity contribution is 0.0811. The summed E-state index contributed by atoms with van der Waals surface area (Å²) >= 11 is 0. The molecule has 1 amide bonds. The van der Waals surface area contributed by atoms with Crippen LogP contribution in [0.2, 0.25) is 0 Å². The van der Waals surface area contributed by atoms with Gasteiger partial charge in [0.1, 0.15) is 11.5 Å². The van der Waals surface area contributed by atoms with Gasteiger partial charge in [0.15, 0.2) is 0 Å². The molecule has 24 heavy (non-hydrogen) atoms. The minimum atomic E-state index is -0.675. The van der Waals surface area contributed by atoms with Crippen LogP contribution >= 0.6 is 0 Å². The largest absolute Gasteiger partial charge is 0.496 e. The Morgan fingerprint density at radius 1 is 1.00 bits per heavy atom. The molecule has 2 N–H and O–H groups in total. The van der Waals surface area contributed by atoms with Crippen molar-refractivity contribution in [2.24, 2.45) is 0 Å². The highest BCUT2D eigenvalue weighted by Gasteiger charge is 2.32. The lowest BCUT2D eigenvalue weighted by Gasteiger charge is -2.32. The zero-order valence-corrected chi connectivity index (χ0v) is 13.8. The summed E-state index contributed by atoms with van der Waals surface area (Å²) in [7, 11) is 3.22. The molecular weight excluding hydrogens is 306 g/mol. The lowest BCUT2D eigenvalue weighted by Crippen LogP contribution is -2.48. The van der Waals surface area contributed by atoms with Gasteiger partial charge in [-0.25, -0.2) is 0 Å². The van der Waals surface area contributed by atoms with Crippen molar-refractivity contribution in [3.05, 3.63) is 59.2 Å². The second-order valence-electron chi connectivity index (χ2n) is 5.85. The standard InChI is InChI=1S/C19H21NO4/c1-23-17-8-9-18(24-2)14-11-16(21)15(10-13(14)17)20-19(22)12-6-4-3-5-7-12/h3-9,15-16,21H,10-11H2,1-2H3,(H,20,22)/t15-,16-/m1/s1. The Kier molecular flexibility index (Phi) is 4.71. The Morgan fingerprint density at radius 2 is 1.58 bits per heavy atom. The highest BCUT2D eigenvalue weighted by molar-refractivity contribution is 5.94.